The van der Waals surface area contributed by atoms with E-state index in [9.17, 15) is 9.59 Å². The second-order valence-electron chi connectivity index (χ2n) is 6.08. The van der Waals surface area contributed by atoms with Crippen LogP contribution in [0.1, 0.15) is 46.0 Å². The van der Waals surface area contributed by atoms with Crippen molar-refractivity contribution in [2.24, 2.45) is 0 Å². The molecule has 2 rings (SSSR count). The molecular weight excluding hydrogens is 256 g/mol. The lowest BCUT2D eigenvalue weighted by Gasteiger charge is -2.40. The minimum absolute atomic E-state index is 0.153. The van der Waals surface area contributed by atoms with Gasteiger partial charge in [-0.15, -0.1) is 0 Å². The molecule has 1 amide bonds. The van der Waals surface area contributed by atoms with E-state index in [1.165, 1.54) is 13.5 Å². The van der Waals surface area contributed by atoms with Crippen LogP contribution in [0.3, 0.4) is 0 Å². The Morgan fingerprint density at radius 2 is 1.75 bits per heavy atom. The molecule has 2 aliphatic rings. The highest BCUT2D eigenvalue weighted by molar-refractivity contribution is 5.81. The number of piperidine rings is 1. The maximum absolute atomic E-state index is 12.6. The van der Waals surface area contributed by atoms with Gasteiger partial charge in [0.1, 0.15) is 6.04 Å². The highest BCUT2D eigenvalue weighted by Crippen LogP contribution is 2.24. The number of likely N-dealkylation sites (tertiary alicyclic amines) is 2. The van der Waals surface area contributed by atoms with Crippen LogP contribution in [0.15, 0.2) is 0 Å². The molecule has 0 aromatic rings. The Morgan fingerprint density at radius 1 is 1.10 bits per heavy atom. The maximum Gasteiger partial charge on any atom is 0.323 e. The number of rotatable bonds is 3. The number of carbonyl (C=O) groups is 2. The lowest BCUT2D eigenvalue weighted by atomic mass is 9.97. The van der Waals surface area contributed by atoms with Crippen LogP contribution in [0, 0.1) is 0 Å². The number of carbonyl (C=O) groups excluding carboxylic acids is 2. The van der Waals surface area contributed by atoms with Gasteiger partial charge in [0.25, 0.3) is 0 Å². The molecule has 0 saturated carbocycles. The van der Waals surface area contributed by atoms with Crippen molar-refractivity contribution in [2.75, 3.05) is 20.2 Å². The van der Waals surface area contributed by atoms with Gasteiger partial charge in [0.2, 0.25) is 5.91 Å². The van der Waals surface area contributed by atoms with E-state index >= 15 is 0 Å². The molecule has 0 radical (unpaired) electrons. The maximum atomic E-state index is 12.6. The number of ether oxygens (including phenoxy) is 1. The Labute approximate surface area is 121 Å². The van der Waals surface area contributed by atoms with Crippen LogP contribution in [0.25, 0.3) is 0 Å². The minimum atomic E-state index is -0.237. The fraction of sp³-hybridized carbons (Fsp3) is 0.867. The van der Waals surface area contributed by atoms with Crippen molar-refractivity contribution in [3.8, 4) is 0 Å². The highest BCUT2D eigenvalue weighted by Gasteiger charge is 2.35. The molecular formula is C15H26N2O3. The molecule has 0 bridgehead atoms. The van der Waals surface area contributed by atoms with Gasteiger partial charge in [0.05, 0.1) is 13.7 Å². The van der Waals surface area contributed by atoms with E-state index in [1.54, 1.807) is 0 Å². The number of amides is 1. The summed E-state index contributed by atoms with van der Waals surface area (Å²) < 4.78 is 4.83. The van der Waals surface area contributed by atoms with Crippen LogP contribution in [-0.4, -0.2) is 60.0 Å². The summed E-state index contributed by atoms with van der Waals surface area (Å²) in [4.78, 5) is 28.3. The number of esters is 1. The Balaban J connectivity index is 1.98. The Kier molecular flexibility index (Phi) is 5.02. The number of nitrogens with zero attached hydrogens (tertiary/aromatic N) is 2. The quantitative estimate of drug-likeness (QED) is 0.735. The van der Waals surface area contributed by atoms with Gasteiger partial charge in [-0.3, -0.25) is 14.5 Å². The van der Waals surface area contributed by atoms with Crippen LogP contribution in [0.2, 0.25) is 0 Å². The summed E-state index contributed by atoms with van der Waals surface area (Å²) in [5.41, 5.74) is 0. The molecule has 0 spiro atoms. The lowest BCUT2D eigenvalue weighted by Crippen LogP contribution is -2.52. The molecule has 2 fully saturated rings. The third-order valence-corrected chi connectivity index (χ3v) is 4.66. The summed E-state index contributed by atoms with van der Waals surface area (Å²) in [5, 5.41) is 0. The standard InChI is InChI=1S/C15H26N2O3/c1-11-6-4-7-12(2)17(11)14(18)10-16-9-5-8-13(16)15(19)20-3/h11-13H,4-10H2,1-3H3/t11-,12-,13-/m0/s1. The summed E-state index contributed by atoms with van der Waals surface area (Å²) >= 11 is 0. The molecule has 114 valence electrons. The Morgan fingerprint density at radius 3 is 2.35 bits per heavy atom. The largest absolute Gasteiger partial charge is 0.468 e. The van der Waals surface area contributed by atoms with E-state index in [-0.39, 0.29) is 17.9 Å². The first-order valence-corrected chi connectivity index (χ1v) is 7.67. The smallest absolute Gasteiger partial charge is 0.323 e. The summed E-state index contributed by atoms with van der Waals surface area (Å²) in [6.07, 6.45) is 5.11. The third-order valence-electron chi connectivity index (χ3n) is 4.66. The molecule has 0 aromatic carbocycles. The molecule has 0 N–H and O–H groups in total. The van der Waals surface area contributed by atoms with Gasteiger partial charge < -0.3 is 9.64 Å². The molecule has 20 heavy (non-hydrogen) atoms. The predicted octanol–water partition coefficient (Wildman–Crippen LogP) is 1.41. The molecule has 0 aliphatic carbocycles. The van der Waals surface area contributed by atoms with Gasteiger partial charge in [-0.2, -0.15) is 0 Å². The van der Waals surface area contributed by atoms with Crippen molar-refractivity contribution in [1.82, 2.24) is 9.80 Å². The van der Waals surface area contributed by atoms with Crippen molar-refractivity contribution in [2.45, 2.75) is 64.1 Å². The molecule has 5 nitrogen and oxygen atoms in total. The zero-order valence-corrected chi connectivity index (χ0v) is 12.8. The van der Waals surface area contributed by atoms with Crippen molar-refractivity contribution < 1.29 is 14.3 Å². The number of methoxy groups -OCH3 is 1. The summed E-state index contributed by atoms with van der Waals surface area (Å²) in [5.74, 6) is -0.0597. The molecule has 2 heterocycles. The van der Waals surface area contributed by atoms with E-state index in [0.29, 0.717) is 18.6 Å². The monoisotopic (exact) mass is 282 g/mol. The molecule has 5 heteroatoms. The van der Waals surface area contributed by atoms with Crippen molar-refractivity contribution >= 4 is 11.9 Å². The van der Waals surface area contributed by atoms with Crippen LogP contribution in [0.5, 0.6) is 0 Å². The first kappa shape index (κ1) is 15.3. The van der Waals surface area contributed by atoms with Crippen molar-refractivity contribution in [1.29, 1.82) is 0 Å². The first-order valence-electron chi connectivity index (χ1n) is 7.67. The highest BCUT2D eigenvalue weighted by atomic mass is 16.5. The number of hydrogen-bond acceptors (Lipinski definition) is 4. The van der Waals surface area contributed by atoms with Crippen LogP contribution in [0.4, 0.5) is 0 Å². The average Bonchev–Trinajstić information content (AvgIpc) is 2.85. The topological polar surface area (TPSA) is 49.9 Å². The normalized spacial score (nSPS) is 31.4. The van der Waals surface area contributed by atoms with Gasteiger partial charge in [0, 0.05) is 12.1 Å². The molecule has 0 unspecified atom stereocenters. The average molecular weight is 282 g/mol. The van der Waals surface area contributed by atoms with Crippen LogP contribution >= 0.6 is 0 Å². The van der Waals surface area contributed by atoms with Crippen LogP contribution < -0.4 is 0 Å². The zero-order valence-electron chi connectivity index (χ0n) is 12.8. The fourth-order valence-electron chi connectivity index (χ4n) is 3.59. The Bertz CT molecular complexity index is 362. The molecule has 3 atom stereocenters. The predicted molar refractivity (Wildman–Crippen MR) is 76.2 cm³/mol. The summed E-state index contributed by atoms with van der Waals surface area (Å²) in [6.45, 7) is 5.39. The van der Waals surface area contributed by atoms with Gasteiger partial charge >= 0.3 is 5.97 Å². The van der Waals surface area contributed by atoms with E-state index in [4.69, 9.17) is 4.74 Å². The summed E-state index contributed by atoms with van der Waals surface area (Å²) in [6, 6.07) is 0.384. The van der Waals surface area contributed by atoms with E-state index in [0.717, 1.165) is 32.2 Å². The van der Waals surface area contributed by atoms with E-state index in [1.807, 2.05) is 9.80 Å². The third kappa shape index (κ3) is 3.14. The van der Waals surface area contributed by atoms with Crippen molar-refractivity contribution in [3.63, 3.8) is 0 Å². The minimum Gasteiger partial charge on any atom is -0.468 e. The fourth-order valence-corrected chi connectivity index (χ4v) is 3.59. The van der Waals surface area contributed by atoms with Crippen molar-refractivity contribution in [3.05, 3.63) is 0 Å². The van der Waals surface area contributed by atoms with Gasteiger partial charge in [-0.05, 0) is 52.5 Å². The molecule has 2 aliphatic heterocycles. The number of hydrogen-bond donors (Lipinski definition) is 0. The zero-order chi connectivity index (χ0) is 14.7. The second kappa shape index (κ2) is 6.57. The first-order chi connectivity index (χ1) is 9.54. The second-order valence-corrected chi connectivity index (χ2v) is 6.08. The van der Waals surface area contributed by atoms with Crippen LogP contribution in [-0.2, 0) is 14.3 Å². The van der Waals surface area contributed by atoms with E-state index in [2.05, 4.69) is 13.8 Å². The van der Waals surface area contributed by atoms with Gasteiger partial charge in [0.15, 0.2) is 0 Å². The molecule has 0 aromatic heterocycles. The van der Waals surface area contributed by atoms with Gasteiger partial charge in [-0.1, -0.05) is 0 Å². The SMILES string of the molecule is COC(=O)[C@@H]1CCCN1CC(=O)N1[C@@H](C)CCC[C@@H]1C. The van der Waals surface area contributed by atoms with E-state index < -0.39 is 0 Å². The lowest BCUT2D eigenvalue weighted by molar-refractivity contribution is -0.147. The molecule has 2 saturated heterocycles. The summed E-state index contributed by atoms with van der Waals surface area (Å²) in [7, 11) is 1.41. The Hall–Kier alpha value is -1.10. The van der Waals surface area contributed by atoms with Gasteiger partial charge in [-0.25, -0.2) is 0 Å².